The van der Waals surface area contributed by atoms with E-state index in [0.717, 1.165) is 12.0 Å². The van der Waals surface area contributed by atoms with Crippen molar-refractivity contribution < 1.29 is 9.59 Å². The fourth-order valence-corrected chi connectivity index (χ4v) is 2.58. The predicted octanol–water partition coefficient (Wildman–Crippen LogP) is 1.40. The topological polar surface area (TPSA) is 85.2 Å². The van der Waals surface area contributed by atoms with Gasteiger partial charge in [-0.3, -0.25) is 4.79 Å². The van der Waals surface area contributed by atoms with Crippen molar-refractivity contribution in [3.8, 4) is 6.07 Å². The molecule has 1 saturated heterocycles. The monoisotopic (exact) mass is 300 g/mol. The molecule has 0 radical (unpaired) electrons. The summed E-state index contributed by atoms with van der Waals surface area (Å²) in [6, 6.07) is 6.93. The number of nitrogens with zero attached hydrogens (tertiary/aromatic N) is 2. The van der Waals surface area contributed by atoms with Crippen LogP contribution in [0.15, 0.2) is 18.2 Å². The number of nitrogens with one attached hydrogen (secondary N) is 2. The number of benzene rings is 1. The standard InChI is InChI=1S/C16H20N4O2/c1-3-18-16(22)20-7-6-13(10-20)19-15(21)14-5-4-12(9-17)8-11(14)2/h4-5,8,13H,3,6-7,10H2,1-2H3,(H,18,22)(H,19,21). The molecule has 1 aliphatic heterocycles. The molecule has 116 valence electrons. The summed E-state index contributed by atoms with van der Waals surface area (Å²) >= 11 is 0. The molecule has 1 aromatic carbocycles. The maximum absolute atomic E-state index is 12.3. The third-order valence-corrected chi connectivity index (χ3v) is 3.74. The van der Waals surface area contributed by atoms with Crippen LogP contribution in [0.2, 0.25) is 0 Å². The number of hydrogen-bond acceptors (Lipinski definition) is 3. The van der Waals surface area contributed by atoms with E-state index in [4.69, 9.17) is 5.26 Å². The minimum Gasteiger partial charge on any atom is -0.347 e. The second-order valence-corrected chi connectivity index (χ2v) is 5.38. The molecule has 2 N–H and O–H groups in total. The number of hydrogen-bond donors (Lipinski definition) is 2. The van der Waals surface area contributed by atoms with E-state index in [-0.39, 0.29) is 18.0 Å². The fraction of sp³-hybridized carbons (Fsp3) is 0.438. The molecule has 1 fully saturated rings. The molecule has 6 nitrogen and oxygen atoms in total. The van der Waals surface area contributed by atoms with E-state index in [2.05, 4.69) is 16.7 Å². The zero-order valence-corrected chi connectivity index (χ0v) is 12.8. The van der Waals surface area contributed by atoms with Gasteiger partial charge in [-0.25, -0.2) is 4.79 Å². The quantitative estimate of drug-likeness (QED) is 0.885. The van der Waals surface area contributed by atoms with Gasteiger partial charge in [0, 0.05) is 31.2 Å². The lowest BCUT2D eigenvalue weighted by Gasteiger charge is -2.17. The Balaban J connectivity index is 1.96. The summed E-state index contributed by atoms with van der Waals surface area (Å²) in [7, 11) is 0. The molecule has 0 spiro atoms. The number of urea groups is 1. The van der Waals surface area contributed by atoms with Crippen LogP contribution in [0.1, 0.15) is 34.8 Å². The maximum atomic E-state index is 12.3. The molecular formula is C16H20N4O2. The van der Waals surface area contributed by atoms with Crippen molar-refractivity contribution in [3.63, 3.8) is 0 Å². The highest BCUT2D eigenvalue weighted by molar-refractivity contribution is 5.96. The van der Waals surface area contributed by atoms with Crippen molar-refractivity contribution in [1.82, 2.24) is 15.5 Å². The van der Waals surface area contributed by atoms with Gasteiger partial charge < -0.3 is 15.5 Å². The van der Waals surface area contributed by atoms with Crippen LogP contribution in [0.3, 0.4) is 0 Å². The summed E-state index contributed by atoms with van der Waals surface area (Å²) < 4.78 is 0. The first-order valence-corrected chi connectivity index (χ1v) is 7.39. The van der Waals surface area contributed by atoms with Gasteiger partial charge in [0.05, 0.1) is 11.6 Å². The van der Waals surface area contributed by atoms with Crippen LogP contribution in [-0.2, 0) is 0 Å². The Morgan fingerprint density at radius 2 is 2.23 bits per heavy atom. The molecule has 1 atom stereocenters. The Bertz CT molecular complexity index is 621. The Hall–Kier alpha value is -2.55. The van der Waals surface area contributed by atoms with E-state index < -0.39 is 0 Å². The molecule has 22 heavy (non-hydrogen) atoms. The summed E-state index contributed by atoms with van der Waals surface area (Å²) in [5, 5.41) is 14.6. The molecule has 0 bridgehead atoms. The summed E-state index contributed by atoms with van der Waals surface area (Å²) in [4.78, 5) is 25.8. The van der Waals surface area contributed by atoms with Crippen LogP contribution in [0.5, 0.6) is 0 Å². The normalized spacial score (nSPS) is 17.0. The van der Waals surface area contributed by atoms with Crippen molar-refractivity contribution in [2.75, 3.05) is 19.6 Å². The van der Waals surface area contributed by atoms with Gasteiger partial charge >= 0.3 is 6.03 Å². The number of likely N-dealkylation sites (tertiary alicyclic amines) is 1. The van der Waals surface area contributed by atoms with Crippen molar-refractivity contribution >= 4 is 11.9 Å². The first-order chi connectivity index (χ1) is 10.5. The zero-order chi connectivity index (χ0) is 16.1. The summed E-state index contributed by atoms with van der Waals surface area (Å²) in [6.45, 7) is 5.44. The fourth-order valence-electron chi connectivity index (χ4n) is 2.58. The molecule has 0 aromatic heterocycles. The average molecular weight is 300 g/mol. The van der Waals surface area contributed by atoms with E-state index in [0.29, 0.717) is 30.8 Å². The Labute approximate surface area is 130 Å². The molecule has 1 heterocycles. The largest absolute Gasteiger partial charge is 0.347 e. The lowest BCUT2D eigenvalue weighted by molar-refractivity contribution is 0.0937. The van der Waals surface area contributed by atoms with E-state index in [1.807, 2.05) is 13.8 Å². The number of nitriles is 1. The minimum absolute atomic E-state index is 0.0369. The molecular weight excluding hydrogens is 280 g/mol. The summed E-state index contributed by atoms with van der Waals surface area (Å²) in [5.41, 5.74) is 1.88. The Kier molecular flexibility index (Phi) is 4.99. The Morgan fingerprint density at radius 3 is 2.86 bits per heavy atom. The number of rotatable bonds is 3. The highest BCUT2D eigenvalue weighted by Gasteiger charge is 2.27. The zero-order valence-electron chi connectivity index (χ0n) is 12.8. The van der Waals surface area contributed by atoms with E-state index >= 15 is 0 Å². The van der Waals surface area contributed by atoms with Gasteiger partial charge in [0.15, 0.2) is 0 Å². The molecule has 1 unspecified atom stereocenters. The van der Waals surface area contributed by atoms with Crippen molar-refractivity contribution in [3.05, 3.63) is 34.9 Å². The maximum Gasteiger partial charge on any atom is 0.317 e. The third-order valence-electron chi connectivity index (χ3n) is 3.74. The number of carbonyl (C=O) groups excluding carboxylic acids is 2. The first kappa shape index (κ1) is 15.8. The Morgan fingerprint density at radius 1 is 1.45 bits per heavy atom. The number of aryl methyl sites for hydroxylation is 1. The third kappa shape index (κ3) is 3.55. The molecule has 6 heteroatoms. The van der Waals surface area contributed by atoms with Crippen LogP contribution < -0.4 is 10.6 Å². The van der Waals surface area contributed by atoms with Gasteiger partial charge in [0.25, 0.3) is 5.91 Å². The van der Waals surface area contributed by atoms with Crippen LogP contribution in [0, 0.1) is 18.3 Å². The second-order valence-electron chi connectivity index (χ2n) is 5.38. The first-order valence-electron chi connectivity index (χ1n) is 7.39. The van der Waals surface area contributed by atoms with Crippen molar-refractivity contribution in [2.24, 2.45) is 0 Å². The average Bonchev–Trinajstić information content (AvgIpc) is 2.95. The van der Waals surface area contributed by atoms with Gasteiger partial charge in [-0.05, 0) is 44.0 Å². The van der Waals surface area contributed by atoms with E-state index in [9.17, 15) is 9.59 Å². The highest BCUT2D eigenvalue weighted by Crippen LogP contribution is 2.13. The minimum atomic E-state index is -0.162. The molecule has 2 rings (SSSR count). The molecule has 0 aliphatic carbocycles. The van der Waals surface area contributed by atoms with E-state index in [1.165, 1.54) is 0 Å². The number of amides is 3. The van der Waals surface area contributed by atoms with Gasteiger partial charge in [0.2, 0.25) is 0 Å². The van der Waals surface area contributed by atoms with Gasteiger partial charge in [-0.15, -0.1) is 0 Å². The van der Waals surface area contributed by atoms with Crippen LogP contribution in [0.25, 0.3) is 0 Å². The number of carbonyl (C=O) groups is 2. The lowest BCUT2D eigenvalue weighted by atomic mass is 10.0. The van der Waals surface area contributed by atoms with Gasteiger partial charge in [-0.1, -0.05) is 0 Å². The SMILES string of the molecule is CCNC(=O)N1CCC(NC(=O)c2ccc(C#N)cc2C)C1. The van der Waals surface area contributed by atoms with Crippen molar-refractivity contribution in [2.45, 2.75) is 26.3 Å². The van der Waals surface area contributed by atoms with Gasteiger partial charge in [0.1, 0.15) is 0 Å². The summed E-state index contributed by atoms with van der Waals surface area (Å²) in [5.74, 6) is -0.162. The molecule has 0 saturated carbocycles. The lowest BCUT2D eigenvalue weighted by Crippen LogP contribution is -2.42. The smallest absolute Gasteiger partial charge is 0.317 e. The molecule has 1 aromatic rings. The second kappa shape index (κ2) is 6.94. The predicted molar refractivity (Wildman–Crippen MR) is 82.4 cm³/mol. The van der Waals surface area contributed by atoms with Gasteiger partial charge in [-0.2, -0.15) is 5.26 Å². The van der Waals surface area contributed by atoms with Crippen LogP contribution in [0.4, 0.5) is 4.79 Å². The molecule has 1 aliphatic rings. The van der Waals surface area contributed by atoms with Crippen LogP contribution in [-0.4, -0.2) is 42.5 Å². The van der Waals surface area contributed by atoms with Crippen LogP contribution >= 0.6 is 0 Å². The van der Waals surface area contributed by atoms with E-state index in [1.54, 1.807) is 23.1 Å². The van der Waals surface area contributed by atoms with Crippen molar-refractivity contribution in [1.29, 1.82) is 5.26 Å². The summed E-state index contributed by atoms with van der Waals surface area (Å²) in [6.07, 6.45) is 0.748. The highest BCUT2D eigenvalue weighted by atomic mass is 16.2. The molecule has 3 amide bonds.